The van der Waals surface area contributed by atoms with E-state index < -0.39 is 0 Å². The monoisotopic (exact) mass is 445 g/mol. The molecule has 9 heteroatoms. The van der Waals surface area contributed by atoms with Gasteiger partial charge in [0.15, 0.2) is 16.7 Å². The lowest BCUT2D eigenvalue weighted by Gasteiger charge is -2.17. The van der Waals surface area contributed by atoms with Gasteiger partial charge in [0.25, 0.3) is 5.56 Å². The Morgan fingerprint density at radius 3 is 2.97 bits per heavy atom. The van der Waals surface area contributed by atoms with Crippen molar-refractivity contribution in [1.29, 1.82) is 0 Å². The molecule has 0 atom stereocenters. The molecule has 1 amide bonds. The maximum atomic E-state index is 13.1. The zero-order valence-electron chi connectivity index (χ0n) is 16.9. The SMILES string of the molecule is CCCCN(C)C(=O)CSc1nc2ccsc2c(=O)n1Cc1ccc2c(c1)OCO2. The Balaban J connectivity index is 1.60. The normalized spacial score (nSPS) is 12.5. The van der Waals surface area contributed by atoms with Crippen LogP contribution in [0.25, 0.3) is 10.2 Å². The highest BCUT2D eigenvalue weighted by Crippen LogP contribution is 2.33. The topological polar surface area (TPSA) is 73.7 Å². The van der Waals surface area contributed by atoms with Gasteiger partial charge in [0, 0.05) is 13.6 Å². The average molecular weight is 446 g/mol. The molecule has 0 saturated carbocycles. The first-order valence-electron chi connectivity index (χ1n) is 9.80. The Morgan fingerprint density at radius 1 is 1.30 bits per heavy atom. The van der Waals surface area contributed by atoms with Crippen LogP contribution < -0.4 is 15.0 Å². The standard InChI is InChI=1S/C21H23N3O4S2/c1-3-4-8-23(2)18(25)12-30-21-22-15-7-9-29-19(15)20(26)24(21)11-14-5-6-16-17(10-14)28-13-27-16/h5-7,9-10H,3-4,8,11-13H2,1-2H3. The molecule has 30 heavy (non-hydrogen) atoms. The maximum absolute atomic E-state index is 13.1. The highest BCUT2D eigenvalue weighted by molar-refractivity contribution is 7.99. The molecule has 0 bridgehead atoms. The summed E-state index contributed by atoms with van der Waals surface area (Å²) in [6.45, 7) is 3.38. The van der Waals surface area contributed by atoms with Gasteiger partial charge in [0.2, 0.25) is 12.7 Å². The van der Waals surface area contributed by atoms with E-state index in [1.54, 1.807) is 9.47 Å². The molecule has 1 aliphatic rings. The molecule has 1 aliphatic heterocycles. The van der Waals surface area contributed by atoms with Gasteiger partial charge < -0.3 is 14.4 Å². The van der Waals surface area contributed by atoms with Crippen molar-refractivity contribution < 1.29 is 14.3 Å². The zero-order chi connectivity index (χ0) is 21.1. The molecule has 7 nitrogen and oxygen atoms in total. The van der Waals surface area contributed by atoms with E-state index in [0.29, 0.717) is 33.4 Å². The third-order valence-corrected chi connectivity index (χ3v) is 6.76. The molecule has 0 aliphatic carbocycles. The van der Waals surface area contributed by atoms with Gasteiger partial charge in [-0.1, -0.05) is 31.2 Å². The van der Waals surface area contributed by atoms with Gasteiger partial charge in [-0.15, -0.1) is 11.3 Å². The van der Waals surface area contributed by atoms with Crippen molar-refractivity contribution in [1.82, 2.24) is 14.5 Å². The number of unbranched alkanes of at least 4 members (excludes halogenated alkanes) is 1. The molecule has 2 aromatic heterocycles. The fourth-order valence-electron chi connectivity index (χ4n) is 3.15. The van der Waals surface area contributed by atoms with Gasteiger partial charge in [0.1, 0.15) is 4.70 Å². The molecule has 4 rings (SSSR count). The third kappa shape index (κ3) is 4.32. The van der Waals surface area contributed by atoms with E-state index in [1.807, 2.05) is 36.7 Å². The molecular weight excluding hydrogens is 422 g/mol. The second-order valence-electron chi connectivity index (χ2n) is 7.07. The second kappa shape index (κ2) is 9.09. The van der Waals surface area contributed by atoms with Crippen LogP contribution in [0, 0.1) is 0 Å². The first-order valence-corrected chi connectivity index (χ1v) is 11.7. The minimum absolute atomic E-state index is 0.0303. The lowest BCUT2D eigenvalue weighted by Crippen LogP contribution is -2.30. The zero-order valence-corrected chi connectivity index (χ0v) is 18.6. The van der Waals surface area contributed by atoms with Crippen molar-refractivity contribution in [2.75, 3.05) is 26.1 Å². The summed E-state index contributed by atoms with van der Waals surface area (Å²) < 4.78 is 13.1. The van der Waals surface area contributed by atoms with Crippen molar-refractivity contribution in [3.8, 4) is 11.5 Å². The summed E-state index contributed by atoms with van der Waals surface area (Å²) >= 11 is 2.68. The van der Waals surface area contributed by atoms with Crippen molar-refractivity contribution in [3.05, 3.63) is 45.6 Å². The number of hydrogen-bond donors (Lipinski definition) is 0. The maximum Gasteiger partial charge on any atom is 0.272 e. The Hall–Kier alpha value is -2.52. The summed E-state index contributed by atoms with van der Waals surface area (Å²) in [6, 6.07) is 7.48. The number of fused-ring (bicyclic) bond motifs is 2. The summed E-state index contributed by atoms with van der Waals surface area (Å²) in [6.07, 6.45) is 2.01. The Kier molecular flexibility index (Phi) is 6.29. The lowest BCUT2D eigenvalue weighted by molar-refractivity contribution is -0.127. The first kappa shape index (κ1) is 20.7. The summed E-state index contributed by atoms with van der Waals surface area (Å²) in [4.78, 5) is 32.0. The largest absolute Gasteiger partial charge is 0.454 e. The van der Waals surface area contributed by atoms with E-state index in [0.717, 1.165) is 24.9 Å². The van der Waals surface area contributed by atoms with Crippen molar-refractivity contribution in [2.45, 2.75) is 31.5 Å². The number of rotatable bonds is 8. The van der Waals surface area contributed by atoms with Gasteiger partial charge in [0.05, 0.1) is 17.8 Å². The van der Waals surface area contributed by atoms with Crippen LogP contribution in [0.5, 0.6) is 11.5 Å². The number of hydrogen-bond acceptors (Lipinski definition) is 7. The van der Waals surface area contributed by atoms with Crippen molar-refractivity contribution in [2.24, 2.45) is 0 Å². The second-order valence-corrected chi connectivity index (χ2v) is 8.92. The van der Waals surface area contributed by atoms with Crippen LogP contribution in [-0.4, -0.2) is 46.5 Å². The van der Waals surface area contributed by atoms with Gasteiger partial charge in [-0.25, -0.2) is 4.98 Å². The van der Waals surface area contributed by atoms with Crippen LogP contribution >= 0.6 is 23.1 Å². The quantitative estimate of drug-likeness (QED) is 0.390. The Morgan fingerprint density at radius 2 is 2.13 bits per heavy atom. The smallest absolute Gasteiger partial charge is 0.272 e. The van der Waals surface area contributed by atoms with Crippen LogP contribution in [0.3, 0.4) is 0 Å². The van der Waals surface area contributed by atoms with Gasteiger partial charge in [-0.05, 0) is 35.6 Å². The minimum Gasteiger partial charge on any atom is -0.454 e. The van der Waals surface area contributed by atoms with E-state index in [9.17, 15) is 9.59 Å². The number of thiophene rings is 1. The van der Waals surface area contributed by atoms with Gasteiger partial charge in [-0.3, -0.25) is 14.2 Å². The van der Waals surface area contributed by atoms with Crippen molar-refractivity contribution >= 4 is 39.2 Å². The molecule has 0 unspecified atom stereocenters. The van der Waals surface area contributed by atoms with E-state index in [-0.39, 0.29) is 24.0 Å². The third-order valence-electron chi connectivity index (χ3n) is 4.91. The minimum atomic E-state index is -0.0954. The van der Waals surface area contributed by atoms with E-state index in [1.165, 1.54) is 23.1 Å². The highest BCUT2D eigenvalue weighted by atomic mass is 32.2. The Labute approximate surface area is 182 Å². The number of nitrogens with zero attached hydrogens (tertiary/aromatic N) is 3. The van der Waals surface area contributed by atoms with Crippen LogP contribution in [-0.2, 0) is 11.3 Å². The van der Waals surface area contributed by atoms with Crippen LogP contribution in [0.2, 0.25) is 0 Å². The number of benzene rings is 1. The van der Waals surface area contributed by atoms with Crippen LogP contribution in [0.1, 0.15) is 25.3 Å². The number of thioether (sulfide) groups is 1. The molecule has 0 radical (unpaired) electrons. The number of ether oxygens (including phenoxy) is 2. The molecule has 0 spiro atoms. The van der Waals surface area contributed by atoms with Crippen LogP contribution in [0.4, 0.5) is 0 Å². The molecule has 0 fully saturated rings. The molecule has 0 saturated heterocycles. The fraction of sp³-hybridized carbons (Fsp3) is 0.381. The van der Waals surface area contributed by atoms with Gasteiger partial charge in [-0.2, -0.15) is 0 Å². The molecule has 3 heterocycles. The number of aromatic nitrogens is 2. The van der Waals surface area contributed by atoms with Crippen molar-refractivity contribution in [3.63, 3.8) is 0 Å². The number of amides is 1. The van der Waals surface area contributed by atoms with Crippen LogP contribution in [0.15, 0.2) is 39.6 Å². The number of carbonyl (C=O) groups is 1. The first-order chi connectivity index (χ1) is 14.6. The predicted molar refractivity (Wildman–Crippen MR) is 119 cm³/mol. The summed E-state index contributed by atoms with van der Waals surface area (Å²) in [5.74, 6) is 1.65. The molecular formula is C21H23N3O4S2. The molecule has 0 N–H and O–H groups in total. The molecule has 3 aromatic rings. The summed E-state index contributed by atoms with van der Waals surface area (Å²) in [5.41, 5.74) is 1.48. The average Bonchev–Trinajstić information content (AvgIpc) is 3.41. The molecule has 158 valence electrons. The Bertz CT molecular complexity index is 1130. The highest BCUT2D eigenvalue weighted by Gasteiger charge is 2.18. The lowest BCUT2D eigenvalue weighted by atomic mass is 10.2. The van der Waals surface area contributed by atoms with Gasteiger partial charge >= 0.3 is 0 Å². The van der Waals surface area contributed by atoms with E-state index >= 15 is 0 Å². The molecule has 1 aromatic carbocycles. The van der Waals surface area contributed by atoms with E-state index in [2.05, 4.69) is 11.9 Å². The fourth-order valence-corrected chi connectivity index (χ4v) is 4.87. The summed E-state index contributed by atoms with van der Waals surface area (Å²) in [5, 5.41) is 2.41. The predicted octanol–water partition coefficient (Wildman–Crippen LogP) is 3.59. The summed E-state index contributed by atoms with van der Waals surface area (Å²) in [7, 11) is 1.81. The number of carbonyl (C=O) groups excluding carboxylic acids is 1. The van der Waals surface area contributed by atoms with E-state index in [4.69, 9.17) is 9.47 Å².